The van der Waals surface area contributed by atoms with Crippen molar-refractivity contribution in [2.75, 3.05) is 18.0 Å². The van der Waals surface area contributed by atoms with Crippen molar-refractivity contribution in [3.05, 3.63) is 28.8 Å². The smallest absolute Gasteiger partial charge is 0.0471 e. The minimum atomic E-state index is 0.414. The lowest BCUT2D eigenvalue weighted by atomic mass is 9.84. The number of benzene rings is 1. The minimum Gasteiger partial charge on any atom is -0.371 e. The zero-order chi connectivity index (χ0) is 14.2. The van der Waals surface area contributed by atoms with Crippen LogP contribution in [0.1, 0.15) is 45.1 Å². The molecule has 2 nitrogen and oxygen atoms in total. The Morgan fingerprint density at radius 3 is 2.80 bits per heavy atom. The Kier molecular flexibility index (Phi) is 3.96. The lowest BCUT2D eigenvalue weighted by Crippen LogP contribution is -2.40. The number of hydrogen-bond donors (Lipinski definition) is 1. The number of nitrogens with one attached hydrogen (secondary N) is 1. The number of nitrogens with zero attached hydrogens (tertiary/aromatic N) is 1. The molecule has 0 unspecified atom stereocenters. The van der Waals surface area contributed by atoms with Crippen LogP contribution in [-0.2, 0) is 6.54 Å². The van der Waals surface area contributed by atoms with Gasteiger partial charge in [-0.15, -0.1) is 0 Å². The van der Waals surface area contributed by atoms with E-state index < -0.39 is 0 Å². The molecule has 1 aromatic rings. The summed E-state index contributed by atoms with van der Waals surface area (Å²) in [6, 6.07) is 7.30. The highest BCUT2D eigenvalue weighted by atomic mass is 35.5. The first-order chi connectivity index (χ1) is 9.53. The van der Waals surface area contributed by atoms with Gasteiger partial charge in [-0.05, 0) is 48.8 Å². The van der Waals surface area contributed by atoms with Gasteiger partial charge in [-0.1, -0.05) is 31.5 Å². The predicted octanol–water partition coefficient (Wildman–Crippen LogP) is 4.22. The highest BCUT2D eigenvalue weighted by Crippen LogP contribution is 2.33. The molecule has 0 bridgehead atoms. The summed E-state index contributed by atoms with van der Waals surface area (Å²) in [6.45, 7) is 7.89. The van der Waals surface area contributed by atoms with E-state index in [4.69, 9.17) is 11.6 Å². The van der Waals surface area contributed by atoms with Gasteiger partial charge in [-0.3, -0.25) is 0 Å². The zero-order valence-corrected chi connectivity index (χ0v) is 13.3. The Labute approximate surface area is 127 Å². The second-order valence-electron chi connectivity index (χ2n) is 7.12. The normalized spacial score (nSPS) is 22.1. The standard InChI is InChI=1S/C17H25ClN2/c1-17(2)8-3-9-20(12-17)15-7-4-13(16(18)10-15)11-19-14-5-6-14/h4,7,10,14,19H,3,5-6,8-9,11-12H2,1-2H3. The predicted molar refractivity (Wildman–Crippen MR) is 86.5 cm³/mol. The van der Waals surface area contributed by atoms with E-state index in [1.807, 2.05) is 0 Å². The molecule has 0 spiro atoms. The van der Waals surface area contributed by atoms with Crippen molar-refractivity contribution < 1.29 is 0 Å². The van der Waals surface area contributed by atoms with Gasteiger partial charge in [0.25, 0.3) is 0 Å². The van der Waals surface area contributed by atoms with Gasteiger partial charge in [0.05, 0.1) is 0 Å². The van der Waals surface area contributed by atoms with E-state index in [9.17, 15) is 0 Å². The molecule has 1 aliphatic heterocycles. The van der Waals surface area contributed by atoms with Crippen LogP contribution in [0.15, 0.2) is 18.2 Å². The van der Waals surface area contributed by atoms with Crippen LogP contribution in [0, 0.1) is 5.41 Å². The monoisotopic (exact) mass is 292 g/mol. The van der Waals surface area contributed by atoms with E-state index in [-0.39, 0.29) is 0 Å². The Morgan fingerprint density at radius 1 is 1.35 bits per heavy atom. The van der Waals surface area contributed by atoms with Crippen LogP contribution in [0.4, 0.5) is 5.69 Å². The summed E-state index contributed by atoms with van der Waals surface area (Å²) in [4.78, 5) is 2.48. The average Bonchev–Trinajstić information content (AvgIpc) is 3.20. The SMILES string of the molecule is CC1(C)CCCN(c2ccc(CNC3CC3)c(Cl)c2)C1. The molecule has 1 N–H and O–H groups in total. The molecule has 2 aliphatic rings. The largest absolute Gasteiger partial charge is 0.371 e. The van der Waals surface area contributed by atoms with E-state index in [0.717, 1.165) is 30.7 Å². The van der Waals surface area contributed by atoms with Gasteiger partial charge in [0, 0.05) is 36.4 Å². The average molecular weight is 293 g/mol. The molecule has 3 heteroatoms. The maximum atomic E-state index is 6.46. The fourth-order valence-electron chi connectivity index (χ4n) is 3.06. The van der Waals surface area contributed by atoms with E-state index >= 15 is 0 Å². The van der Waals surface area contributed by atoms with E-state index in [1.165, 1.54) is 36.9 Å². The molecule has 1 heterocycles. The maximum absolute atomic E-state index is 6.46. The Hall–Kier alpha value is -0.730. The van der Waals surface area contributed by atoms with Crippen LogP contribution in [0.5, 0.6) is 0 Å². The van der Waals surface area contributed by atoms with Gasteiger partial charge < -0.3 is 10.2 Å². The zero-order valence-electron chi connectivity index (χ0n) is 12.6. The fraction of sp³-hybridized carbons (Fsp3) is 0.647. The molecule has 1 saturated heterocycles. The minimum absolute atomic E-state index is 0.414. The molecule has 0 amide bonds. The van der Waals surface area contributed by atoms with Crippen molar-refractivity contribution >= 4 is 17.3 Å². The number of halogens is 1. The van der Waals surface area contributed by atoms with Crippen LogP contribution in [0.3, 0.4) is 0 Å². The molecule has 3 rings (SSSR count). The lowest BCUT2D eigenvalue weighted by Gasteiger charge is -2.39. The highest BCUT2D eigenvalue weighted by Gasteiger charge is 2.26. The van der Waals surface area contributed by atoms with Crippen molar-refractivity contribution in [2.24, 2.45) is 5.41 Å². The van der Waals surface area contributed by atoms with E-state index in [2.05, 4.69) is 42.3 Å². The lowest BCUT2D eigenvalue weighted by molar-refractivity contribution is 0.293. The van der Waals surface area contributed by atoms with Crippen molar-refractivity contribution in [1.82, 2.24) is 5.32 Å². The van der Waals surface area contributed by atoms with E-state index in [0.29, 0.717) is 5.41 Å². The van der Waals surface area contributed by atoms with Gasteiger partial charge in [0.15, 0.2) is 0 Å². The van der Waals surface area contributed by atoms with Crippen LogP contribution < -0.4 is 10.2 Å². The van der Waals surface area contributed by atoms with Gasteiger partial charge in [0.1, 0.15) is 0 Å². The Morgan fingerprint density at radius 2 is 2.15 bits per heavy atom. The molecule has 1 saturated carbocycles. The van der Waals surface area contributed by atoms with Gasteiger partial charge in [-0.25, -0.2) is 0 Å². The quantitative estimate of drug-likeness (QED) is 0.894. The first kappa shape index (κ1) is 14.2. The van der Waals surface area contributed by atoms with Gasteiger partial charge in [-0.2, -0.15) is 0 Å². The third-order valence-electron chi connectivity index (χ3n) is 4.46. The molecular weight excluding hydrogens is 268 g/mol. The van der Waals surface area contributed by atoms with Gasteiger partial charge >= 0.3 is 0 Å². The van der Waals surface area contributed by atoms with Crippen molar-refractivity contribution in [3.8, 4) is 0 Å². The number of hydrogen-bond acceptors (Lipinski definition) is 2. The highest BCUT2D eigenvalue weighted by molar-refractivity contribution is 6.31. The summed E-state index contributed by atoms with van der Waals surface area (Å²) in [6.07, 6.45) is 5.23. The summed E-state index contributed by atoms with van der Waals surface area (Å²) in [7, 11) is 0. The number of piperidine rings is 1. The van der Waals surface area contributed by atoms with Crippen LogP contribution >= 0.6 is 11.6 Å². The fourth-order valence-corrected chi connectivity index (χ4v) is 3.30. The molecule has 0 atom stereocenters. The molecule has 2 fully saturated rings. The summed E-state index contributed by atoms with van der Waals surface area (Å²) in [5.74, 6) is 0. The second kappa shape index (κ2) is 5.57. The second-order valence-corrected chi connectivity index (χ2v) is 7.53. The number of rotatable bonds is 4. The summed E-state index contributed by atoms with van der Waals surface area (Å²) in [5.41, 5.74) is 2.91. The first-order valence-electron chi connectivity index (χ1n) is 7.80. The molecule has 1 aliphatic carbocycles. The molecule has 0 aromatic heterocycles. The molecular formula is C17H25ClN2. The van der Waals surface area contributed by atoms with Crippen molar-refractivity contribution in [3.63, 3.8) is 0 Å². The molecule has 110 valence electrons. The molecule has 0 radical (unpaired) electrons. The third-order valence-corrected chi connectivity index (χ3v) is 4.81. The van der Waals surface area contributed by atoms with Crippen LogP contribution in [-0.4, -0.2) is 19.1 Å². The van der Waals surface area contributed by atoms with E-state index in [1.54, 1.807) is 0 Å². The summed E-state index contributed by atoms with van der Waals surface area (Å²) in [5, 5.41) is 4.43. The number of anilines is 1. The van der Waals surface area contributed by atoms with Crippen molar-refractivity contribution in [2.45, 2.75) is 52.1 Å². The van der Waals surface area contributed by atoms with Crippen molar-refractivity contribution in [1.29, 1.82) is 0 Å². The molecule has 20 heavy (non-hydrogen) atoms. The Balaban J connectivity index is 1.68. The summed E-state index contributed by atoms with van der Waals surface area (Å²) < 4.78 is 0. The topological polar surface area (TPSA) is 15.3 Å². The molecule has 1 aromatic carbocycles. The third kappa shape index (κ3) is 3.48. The van der Waals surface area contributed by atoms with Crippen LogP contribution in [0.2, 0.25) is 5.02 Å². The van der Waals surface area contributed by atoms with Gasteiger partial charge in [0.2, 0.25) is 0 Å². The maximum Gasteiger partial charge on any atom is 0.0471 e. The Bertz CT molecular complexity index is 480. The first-order valence-corrected chi connectivity index (χ1v) is 8.18. The summed E-state index contributed by atoms with van der Waals surface area (Å²) >= 11 is 6.46. The van der Waals surface area contributed by atoms with Crippen LogP contribution in [0.25, 0.3) is 0 Å².